The number of benzene rings is 3. The number of ether oxygens (including phenoxy) is 2. The second kappa shape index (κ2) is 17.9. The molecule has 16 heteroatoms. The highest BCUT2D eigenvalue weighted by atomic mass is 32.1. The van der Waals surface area contributed by atoms with Crippen molar-refractivity contribution in [3.63, 3.8) is 0 Å². The fourth-order valence-corrected chi connectivity index (χ4v) is 14.4. The van der Waals surface area contributed by atoms with Crippen molar-refractivity contribution in [1.82, 2.24) is 0 Å². The third kappa shape index (κ3) is 8.73. The summed E-state index contributed by atoms with van der Waals surface area (Å²) in [5.41, 5.74) is 3.93. The summed E-state index contributed by atoms with van der Waals surface area (Å²) in [6, 6.07) is 34.7. The number of methoxy groups -OCH3 is 2. The number of thiophene rings is 6. The molecule has 0 aliphatic carbocycles. The molecule has 0 aliphatic rings. The average molecular weight is 1000 g/mol. The molecule has 0 unspecified atom stereocenters. The zero-order valence-corrected chi connectivity index (χ0v) is 39.8. The second-order valence-electron chi connectivity index (χ2n) is 14.9. The summed E-state index contributed by atoms with van der Waals surface area (Å²) < 4.78 is 94.6. The fraction of sp³-hybridized carbons (Fsp3) is 0.120. The topological polar surface area (TPSA) is 52.6 Å². The van der Waals surface area contributed by atoms with Crippen molar-refractivity contribution < 1.29 is 45.4 Å². The van der Waals surface area contributed by atoms with Crippen molar-refractivity contribution in [2.45, 2.75) is 26.2 Å². The molecule has 0 amide bonds. The van der Waals surface area contributed by atoms with E-state index in [-0.39, 0.29) is 9.06 Å². The average Bonchev–Trinajstić information content (AvgIpc) is 4.13. The summed E-state index contributed by atoms with van der Waals surface area (Å²) in [5.74, 6) is -2.86. The smallest absolute Gasteiger partial charge is 0.424 e. The molecule has 0 spiro atoms. The molecule has 0 N–H and O–H groups in total. The van der Waals surface area contributed by atoms with E-state index in [0.29, 0.717) is 9.06 Å². The lowest BCUT2D eigenvalue weighted by Gasteiger charge is -2.15. The molecule has 0 atom stereocenters. The Labute approximate surface area is 396 Å². The third-order valence-electron chi connectivity index (χ3n) is 10.7. The highest BCUT2D eigenvalue weighted by Gasteiger charge is 2.41. The van der Waals surface area contributed by atoms with Gasteiger partial charge in [-0.15, -0.1) is 68.0 Å². The van der Waals surface area contributed by atoms with Gasteiger partial charge in [-0.05, 0) is 109 Å². The van der Waals surface area contributed by atoms with Crippen molar-refractivity contribution in [2.75, 3.05) is 14.2 Å². The lowest BCUT2D eigenvalue weighted by atomic mass is 9.90. The van der Waals surface area contributed by atoms with Crippen LogP contribution in [-0.4, -0.2) is 38.5 Å². The maximum atomic E-state index is 13.8. The maximum Gasteiger partial charge on any atom is 0.424 e. The highest BCUT2D eigenvalue weighted by Crippen LogP contribution is 2.54. The largest absolute Gasteiger partial charge is 0.465 e. The van der Waals surface area contributed by atoms with Gasteiger partial charge in [0.2, 0.25) is 0 Å². The van der Waals surface area contributed by atoms with E-state index in [1.165, 1.54) is 34.8 Å². The van der Waals surface area contributed by atoms with Crippen molar-refractivity contribution in [1.29, 1.82) is 0 Å². The van der Waals surface area contributed by atoms with Gasteiger partial charge in [-0.25, -0.2) is 9.59 Å². The number of aryl methyl sites for hydroxylation is 2. The van der Waals surface area contributed by atoms with Crippen LogP contribution < -0.4 is 18.1 Å². The molecule has 0 saturated heterocycles. The van der Waals surface area contributed by atoms with E-state index >= 15 is 0 Å². The van der Waals surface area contributed by atoms with Gasteiger partial charge in [-0.2, -0.15) is 26.3 Å². The number of halogens is 6. The zero-order valence-electron chi connectivity index (χ0n) is 34.9. The van der Waals surface area contributed by atoms with Crippen LogP contribution in [0, 0.1) is 13.8 Å². The molecule has 3 aromatic carbocycles. The van der Waals surface area contributed by atoms with Gasteiger partial charge in [-0.1, -0.05) is 48.5 Å². The SMILES string of the molecule is COC(=O)/C(=c1/cc/c(=C/c2ccc(-c3cc4c(-c5ccccc5C)c5sc(-c6ccc(/C=c7/cc/c(=C(/C(=O)OC)C(F)(F)F)s7)s6)cc5c(-c5ccccc5C)c4s3)s2)s1)C(F)(F)F. The molecular weight excluding hydrogens is 971 g/mol. The lowest BCUT2D eigenvalue weighted by Crippen LogP contribution is -2.25. The van der Waals surface area contributed by atoms with Gasteiger partial charge in [0.25, 0.3) is 0 Å². The molecule has 0 bridgehead atoms. The Hall–Kier alpha value is -5.62. The predicted octanol–water partition coefficient (Wildman–Crippen LogP) is 13.1. The molecular formula is C50H32F6O4S6. The number of carbonyl (C=O) groups excluding carboxylic acids is 2. The first-order valence-electron chi connectivity index (χ1n) is 19.8. The molecule has 0 aliphatic heterocycles. The van der Waals surface area contributed by atoms with E-state index in [2.05, 4.69) is 59.7 Å². The van der Waals surface area contributed by atoms with Gasteiger partial charge in [0.1, 0.15) is 0 Å². The van der Waals surface area contributed by atoms with E-state index in [4.69, 9.17) is 0 Å². The van der Waals surface area contributed by atoms with Crippen molar-refractivity contribution in [3.05, 3.63) is 148 Å². The molecule has 4 nitrogen and oxygen atoms in total. The zero-order chi connectivity index (χ0) is 46.7. The van der Waals surface area contributed by atoms with Gasteiger partial charge in [-0.3, -0.25) is 0 Å². The van der Waals surface area contributed by atoms with Gasteiger partial charge in [0, 0.05) is 78.7 Å². The summed E-state index contributed by atoms with van der Waals surface area (Å²) in [5, 5.41) is 2.16. The quantitative estimate of drug-likeness (QED) is 0.112. The second-order valence-corrected chi connectivity index (χ2v) is 21.5. The minimum absolute atomic E-state index is 0.217. The standard InChI is InChI=1S/C50H32F6O4S6/c1-25-9-5-7-11-31(25)41-33-23-39(35-17-13-27(61-35)21-29-15-19-37(63-29)43(47(57)59-3)49(51,52)53)66-46(33)42(32-12-8-6-10-26(32)2)34-24-40(65-45(34)41)36-18-14-28(62-36)22-30-16-20-38(64-30)44(48(58)60-4)50(54,55)56/h5-24H,1-4H3/b29-21-,30-22-,43-37+,44-38+. The lowest BCUT2D eigenvalue weighted by molar-refractivity contribution is -0.141. The Morgan fingerprint density at radius 2 is 0.879 bits per heavy atom. The van der Waals surface area contributed by atoms with Crippen LogP contribution in [0.3, 0.4) is 0 Å². The first-order chi connectivity index (χ1) is 31.5. The molecule has 6 heterocycles. The number of hydrogen-bond donors (Lipinski definition) is 0. The number of rotatable bonds is 8. The summed E-state index contributed by atoms with van der Waals surface area (Å²) in [4.78, 5) is 29.9. The van der Waals surface area contributed by atoms with Gasteiger partial charge in [0.05, 0.1) is 14.2 Å². The number of esters is 2. The van der Waals surface area contributed by atoms with Crippen molar-refractivity contribution in [3.8, 4) is 41.8 Å². The normalized spacial score (nSPS) is 13.8. The Balaban J connectivity index is 1.20. The minimum atomic E-state index is -4.87. The van der Waals surface area contributed by atoms with Crippen LogP contribution in [0.25, 0.3) is 85.2 Å². The van der Waals surface area contributed by atoms with E-state index in [1.54, 1.807) is 34.8 Å². The Morgan fingerprint density at radius 3 is 1.24 bits per heavy atom. The van der Waals surface area contributed by atoms with E-state index in [0.717, 1.165) is 120 Å². The first-order valence-corrected chi connectivity index (χ1v) is 24.7. The number of alkyl halides is 6. The number of carbonyl (C=O) groups is 2. The maximum absolute atomic E-state index is 13.8. The summed E-state index contributed by atoms with van der Waals surface area (Å²) >= 11 is 8.17. The molecule has 9 aromatic rings. The van der Waals surface area contributed by atoms with Crippen LogP contribution in [0.5, 0.6) is 0 Å². The molecule has 6 aromatic heterocycles. The monoisotopic (exact) mass is 1000 g/mol. The predicted molar refractivity (Wildman–Crippen MR) is 261 cm³/mol. The third-order valence-corrected chi connectivity index (χ3v) is 17.5. The molecule has 0 radical (unpaired) electrons. The van der Waals surface area contributed by atoms with Crippen LogP contribution in [0.4, 0.5) is 26.3 Å². The Morgan fingerprint density at radius 1 is 0.485 bits per heavy atom. The molecule has 0 fully saturated rings. The van der Waals surface area contributed by atoms with Crippen molar-refractivity contribution >= 4 is 123 Å². The molecule has 66 heavy (non-hydrogen) atoms. The van der Waals surface area contributed by atoms with Gasteiger partial charge >= 0.3 is 24.3 Å². The Bertz CT molecular complexity index is 3340. The highest BCUT2D eigenvalue weighted by molar-refractivity contribution is 7.28. The summed E-state index contributed by atoms with van der Waals surface area (Å²) in [6.07, 6.45) is -6.11. The molecule has 0 saturated carbocycles. The molecule has 9 rings (SSSR count). The van der Waals surface area contributed by atoms with Crippen LogP contribution in [0.2, 0.25) is 0 Å². The van der Waals surface area contributed by atoms with E-state index in [1.807, 2.05) is 60.7 Å². The molecule has 334 valence electrons. The number of hydrogen-bond acceptors (Lipinski definition) is 10. The first kappa shape index (κ1) is 45.5. The van der Waals surface area contributed by atoms with Crippen LogP contribution in [0.1, 0.15) is 20.9 Å². The van der Waals surface area contributed by atoms with Crippen LogP contribution in [0.15, 0.2) is 109 Å². The van der Waals surface area contributed by atoms with Crippen LogP contribution in [-0.2, 0) is 19.1 Å². The summed E-state index contributed by atoms with van der Waals surface area (Å²) in [7, 11) is 1.85. The fourth-order valence-electron chi connectivity index (χ4n) is 7.71. The van der Waals surface area contributed by atoms with Crippen molar-refractivity contribution in [2.24, 2.45) is 0 Å². The Kier molecular flexibility index (Phi) is 12.3. The van der Waals surface area contributed by atoms with Crippen LogP contribution >= 0.6 is 68.0 Å². The van der Waals surface area contributed by atoms with Gasteiger partial charge < -0.3 is 9.47 Å². The summed E-state index contributed by atoms with van der Waals surface area (Å²) in [6.45, 7) is 4.19. The van der Waals surface area contributed by atoms with E-state index < -0.39 is 35.4 Å². The van der Waals surface area contributed by atoms with E-state index in [9.17, 15) is 35.9 Å². The number of fused-ring (bicyclic) bond motifs is 2. The van der Waals surface area contributed by atoms with Gasteiger partial charge in [0.15, 0.2) is 11.1 Å². The minimum Gasteiger partial charge on any atom is -0.465 e.